The number of amides is 1. The molecule has 0 radical (unpaired) electrons. The number of aromatic amines is 1. The second kappa shape index (κ2) is 5.09. The molecule has 0 aliphatic rings. The van der Waals surface area contributed by atoms with Gasteiger partial charge in [0.2, 0.25) is 0 Å². The van der Waals surface area contributed by atoms with Crippen molar-refractivity contribution in [2.75, 3.05) is 11.6 Å². The second-order valence-electron chi connectivity index (χ2n) is 3.58. The van der Waals surface area contributed by atoms with E-state index in [1.54, 1.807) is 24.0 Å². The van der Waals surface area contributed by atoms with Crippen molar-refractivity contribution in [2.45, 2.75) is 12.7 Å². The molecule has 0 saturated carbocycles. The molecule has 2 N–H and O–H groups in total. The second-order valence-corrected chi connectivity index (χ2v) is 4.45. The molecule has 0 aliphatic heterocycles. The minimum atomic E-state index is -0.273. The average Bonchev–Trinajstić information content (AvgIpc) is 2.90. The summed E-state index contributed by atoms with van der Waals surface area (Å²) in [5.74, 6) is 2.19. The lowest BCUT2D eigenvalue weighted by Gasteiger charge is -2.00. The Bertz CT molecular complexity index is 518. The van der Waals surface area contributed by atoms with Crippen LogP contribution in [0.25, 0.3) is 0 Å². The van der Waals surface area contributed by atoms with E-state index in [1.165, 1.54) is 0 Å². The SMILES string of the molecule is CSCc1ccc(C(=O)Nc2[nH]ncc2C)o1. The molecule has 1 amide bonds. The van der Waals surface area contributed by atoms with E-state index in [0.29, 0.717) is 11.6 Å². The first-order chi connectivity index (χ1) is 8.20. The van der Waals surface area contributed by atoms with Crippen molar-refractivity contribution in [1.29, 1.82) is 0 Å². The highest BCUT2D eigenvalue weighted by Crippen LogP contribution is 2.15. The van der Waals surface area contributed by atoms with Gasteiger partial charge in [0, 0.05) is 5.56 Å². The van der Waals surface area contributed by atoms with Crippen LogP contribution in [-0.4, -0.2) is 22.4 Å². The van der Waals surface area contributed by atoms with Gasteiger partial charge in [0.15, 0.2) is 5.76 Å². The van der Waals surface area contributed by atoms with Crippen LogP contribution in [0, 0.1) is 6.92 Å². The lowest BCUT2D eigenvalue weighted by molar-refractivity contribution is 0.0995. The summed E-state index contributed by atoms with van der Waals surface area (Å²) in [6, 6.07) is 3.48. The molecule has 2 heterocycles. The van der Waals surface area contributed by atoms with Gasteiger partial charge in [-0.25, -0.2) is 0 Å². The monoisotopic (exact) mass is 251 g/mol. The quantitative estimate of drug-likeness (QED) is 0.875. The van der Waals surface area contributed by atoms with E-state index in [-0.39, 0.29) is 5.91 Å². The van der Waals surface area contributed by atoms with E-state index in [1.807, 2.05) is 19.2 Å². The predicted molar refractivity (Wildman–Crippen MR) is 67.2 cm³/mol. The van der Waals surface area contributed by atoms with Crippen LogP contribution < -0.4 is 5.32 Å². The van der Waals surface area contributed by atoms with Gasteiger partial charge in [-0.2, -0.15) is 16.9 Å². The number of aromatic nitrogens is 2. The Morgan fingerprint density at radius 2 is 2.41 bits per heavy atom. The number of nitrogens with one attached hydrogen (secondary N) is 2. The fourth-order valence-electron chi connectivity index (χ4n) is 1.37. The lowest BCUT2D eigenvalue weighted by Crippen LogP contribution is -2.11. The highest BCUT2D eigenvalue weighted by Gasteiger charge is 2.12. The molecule has 6 heteroatoms. The van der Waals surface area contributed by atoms with Crippen LogP contribution in [0.1, 0.15) is 21.9 Å². The average molecular weight is 251 g/mol. The summed E-state index contributed by atoms with van der Waals surface area (Å²) in [5.41, 5.74) is 0.884. The molecule has 2 aromatic rings. The smallest absolute Gasteiger partial charge is 0.292 e. The molecule has 17 heavy (non-hydrogen) atoms. The molecule has 2 aromatic heterocycles. The minimum Gasteiger partial charge on any atom is -0.455 e. The van der Waals surface area contributed by atoms with Crippen molar-refractivity contribution in [3.8, 4) is 0 Å². The Morgan fingerprint density at radius 3 is 3.06 bits per heavy atom. The number of thioether (sulfide) groups is 1. The summed E-state index contributed by atoms with van der Waals surface area (Å²) in [6.45, 7) is 1.86. The third-order valence-electron chi connectivity index (χ3n) is 2.24. The summed E-state index contributed by atoms with van der Waals surface area (Å²) < 4.78 is 5.41. The Morgan fingerprint density at radius 1 is 1.59 bits per heavy atom. The molecule has 0 bridgehead atoms. The van der Waals surface area contributed by atoms with E-state index in [2.05, 4.69) is 15.5 Å². The molecular formula is C11H13N3O2S. The van der Waals surface area contributed by atoms with Gasteiger partial charge < -0.3 is 9.73 Å². The maximum Gasteiger partial charge on any atom is 0.292 e. The number of hydrogen-bond acceptors (Lipinski definition) is 4. The van der Waals surface area contributed by atoms with E-state index in [0.717, 1.165) is 17.1 Å². The molecule has 0 atom stereocenters. The minimum absolute atomic E-state index is 0.273. The lowest BCUT2D eigenvalue weighted by atomic mass is 10.3. The number of rotatable bonds is 4. The topological polar surface area (TPSA) is 70.9 Å². The Balaban J connectivity index is 2.07. The number of anilines is 1. The maximum atomic E-state index is 11.8. The Labute approximate surface area is 103 Å². The van der Waals surface area contributed by atoms with Crippen LogP contribution in [0.2, 0.25) is 0 Å². The summed E-state index contributed by atoms with van der Waals surface area (Å²) in [4.78, 5) is 11.8. The van der Waals surface area contributed by atoms with Crippen molar-refractivity contribution in [1.82, 2.24) is 10.2 Å². The number of carbonyl (C=O) groups is 1. The van der Waals surface area contributed by atoms with E-state index < -0.39 is 0 Å². The summed E-state index contributed by atoms with van der Waals surface area (Å²) >= 11 is 1.65. The van der Waals surface area contributed by atoms with Crippen molar-refractivity contribution in [3.05, 3.63) is 35.4 Å². The number of furan rings is 1. The highest BCUT2D eigenvalue weighted by molar-refractivity contribution is 7.97. The van der Waals surface area contributed by atoms with Gasteiger partial charge in [-0.05, 0) is 25.3 Å². The molecule has 5 nitrogen and oxygen atoms in total. The maximum absolute atomic E-state index is 11.8. The first-order valence-corrected chi connectivity index (χ1v) is 6.49. The van der Waals surface area contributed by atoms with Gasteiger partial charge in [0.25, 0.3) is 5.91 Å². The van der Waals surface area contributed by atoms with E-state index in [4.69, 9.17) is 4.42 Å². The molecule has 0 unspecified atom stereocenters. The van der Waals surface area contributed by atoms with Crippen LogP contribution in [0.3, 0.4) is 0 Å². The van der Waals surface area contributed by atoms with Crippen LogP contribution >= 0.6 is 11.8 Å². The van der Waals surface area contributed by atoms with Crippen molar-refractivity contribution in [2.24, 2.45) is 0 Å². The van der Waals surface area contributed by atoms with Crippen LogP contribution in [0.15, 0.2) is 22.7 Å². The zero-order chi connectivity index (χ0) is 12.3. The predicted octanol–water partition coefficient (Wildman–Crippen LogP) is 2.43. The standard InChI is InChI=1S/C11H13N3O2S/c1-7-5-12-14-10(7)13-11(15)9-4-3-8(16-9)6-17-2/h3-5H,6H2,1-2H3,(H2,12,13,14,15). The number of H-pyrrole nitrogens is 1. The van der Waals surface area contributed by atoms with Crippen LogP contribution in [-0.2, 0) is 5.75 Å². The molecule has 0 spiro atoms. The van der Waals surface area contributed by atoms with E-state index >= 15 is 0 Å². The van der Waals surface area contributed by atoms with Gasteiger partial charge in [0.05, 0.1) is 11.9 Å². The number of carbonyl (C=O) groups excluding carboxylic acids is 1. The van der Waals surface area contributed by atoms with Gasteiger partial charge in [-0.3, -0.25) is 9.89 Å². The van der Waals surface area contributed by atoms with E-state index in [9.17, 15) is 4.79 Å². The summed E-state index contributed by atoms with van der Waals surface area (Å²) in [6.07, 6.45) is 3.63. The van der Waals surface area contributed by atoms with Gasteiger partial charge >= 0.3 is 0 Å². The van der Waals surface area contributed by atoms with Crippen molar-refractivity contribution in [3.63, 3.8) is 0 Å². The molecule has 0 aromatic carbocycles. The summed E-state index contributed by atoms with van der Waals surface area (Å²) in [7, 11) is 0. The zero-order valence-electron chi connectivity index (χ0n) is 9.61. The first-order valence-electron chi connectivity index (χ1n) is 5.09. The van der Waals surface area contributed by atoms with Crippen LogP contribution in [0.5, 0.6) is 0 Å². The van der Waals surface area contributed by atoms with Crippen LogP contribution in [0.4, 0.5) is 5.82 Å². The number of aryl methyl sites for hydroxylation is 1. The fraction of sp³-hybridized carbons (Fsp3) is 0.273. The van der Waals surface area contributed by atoms with Gasteiger partial charge in [-0.1, -0.05) is 0 Å². The van der Waals surface area contributed by atoms with Gasteiger partial charge in [-0.15, -0.1) is 0 Å². The Hall–Kier alpha value is -1.69. The number of nitrogens with zero attached hydrogens (tertiary/aromatic N) is 1. The molecule has 0 aliphatic carbocycles. The number of hydrogen-bond donors (Lipinski definition) is 2. The van der Waals surface area contributed by atoms with Crippen molar-refractivity contribution >= 4 is 23.5 Å². The Kier molecular flexibility index (Phi) is 3.53. The molecular weight excluding hydrogens is 238 g/mol. The highest BCUT2D eigenvalue weighted by atomic mass is 32.2. The van der Waals surface area contributed by atoms with Crippen molar-refractivity contribution < 1.29 is 9.21 Å². The normalized spacial score (nSPS) is 10.5. The largest absolute Gasteiger partial charge is 0.455 e. The third-order valence-corrected chi connectivity index (χ3v) is 2.81. The van der Waals surface area contributed by atoms with Gasteiger partial charge in [0.1, 0.15) is 11.6 Å². The molecule has 0 saturated heterocycles. The molecule has 90 valence electrons. The fourth-order valence-corrected chi connectivity index (χ4v) is 1.81. The molecule has 0 fully saturated rings. The summed E-state index contributed by atoms with van der Waals surface area (Å²) in [5, 5.41) is 9.24. The zero-order valence-corrected chi connectivity index (χ0v) is 10.4. The third kappa shape index (κ3) is 2.71. The first kappa shape index (κ1) is 11.8. The molecule has 2 rings (SSSR count).